The molecule has 16 heavy (non-hydrogen) atoms. The van der Waals surface area contributed by atoms with Crippen molar-refractivity contribution in [3.8, 4) is 0 Å². The third kappa shape index (κ3) is 2.46. The Balaban J connectivity index is 2.09. The molecule has 1 aromatic carbocycles. The fourth-order valence-electron chi connectivity index (χ4n) is 1.32. The van der Waals surface area contributed by atoms with Crippen molar-refractivity contribution in [2.45, 2.75) is 6.42 Å². The molecule has 0 spiro atoms. The van der Waals surface area contributed by atoms with Gasteiger partial charge in [0.15, 0.2) is 0 Å². The van der Waals surface area contributed by atoms with Crippen LogP contribution in [-0.2, 0) is 16.0 Å². The molecule has 0 amide bonds. The number of thiazole rings is 1. The van der Waals surface area contributed by atoms with Crippen LogP contribution in [0.4, 0.5) is 0 Å². The van der Waals surface area contributed by atoms with E-state index >= 15 is 0 Å². The topological polar surface area (TPSA) is 39.2 Å². The maximum absolute atomic E-state index is 11.3. The van der Waals surface area contributed by atoms with Gasteiger partial charge in [0, 0.05) is 0 Å². The van der Waals surface area contributed by atoms with Gasteiger partial charge in [-0.3, -0.25) is 4.79 Å². The van der Waals surface area contributed by atoms with Crippen LogP contribution in [0, 0.1) is 0 Å². The number of hydrogen-bond acceptors (Lipinski definition) is 4. The summed E-state index contributed by atoms with van der Waals surface area (Å²) in [5, 5.41) is 0.787. The van der Waals surface area contributed by atoms with Crippen LogP contribution in [0.25, 0.3) is 10.2 Å². The minimum absolute atomic E-state index is 0.229. The molecule has 82 valence electrons. The van der Waals surface area contributed by atoms with Gasteiger partial charge in [0.1, 0.15) is 11.6 Å². The third-order valence-electron chi connectivity index (χ3n) is 2.00. The summed E-state index contributed by atoms with van der Waals surface area (Å²) in [5.74, 6) is -0.265. The quantitative estimate of drug-likeness (QED) is 0.602. The molecule has 0 N–H and O–H groups in total. The van der Waals surface area contributed by atoms with E-state index < -0.39 is 0 Å². The summed E-state index contributed by atoms with van der Waals surface area (Å²) in [6, 6.07) is 7.82. The van der Waals surface area contributed by atoms with Crippen LogP contribution in [0.1, 0.15) is 5.01 Å². The summed E-state index contributed by atoms with van der Waals surface area (Å²) in [4.78, 5) is 15.7. The zero-order valence-corrected chi connectivity index (χ0v) is 9.50. The highest BCUT2D eigenvalue weighted by molar-refractivity contribution is 7.18. The smallest absolute Gasteiger partial charge is 0.313 e. The Morgan fingerprint density at radius 2 is 2.31 bits per heavy atom. The second-order valence-corrected chi connectivity index (χ2v) is 4.34. The van der Waals surface area contributed by atoms with Crippen molar-refractivity contribution in [2.24, 2.45) is 0 Å². The Kier molecular flexibility index (Phi) is 3.31. The average molecular weight is 233 g/mol. The second-order valence-electron chi connectivity index (χ2n) is 3.22. The largest absolute Gasteiger partial charge is 0.461 e. The number of para-hydroxylation sites is 1. The van der Waals surface area contributed by atoms with Crippen LogP contribution in [0.2, 0.25) is 0 Å². The van der Waals surface area contributed by atoms with Crippen LogP contribution in [-0.4, -0.2) is 17.6 Å². The highest BCUT2D eigenvalue weighted by atomic mass is 32.1. The first-order valence-electron chi connectivity index (χ1n) is 4.90. The first-order chi connectivity index (χ1) is 7.79. The van der Waals surface area contributed by atoms with Gasteiger partial charge >= 0.3 is 5.97 Å². The van der Waals surface area contributed by atoms with Crippen molar-refractivity contribution in [3.05, 3.63) is 41.9 Å². The second kappa shape index (κ2) is 4.90. The third-order valence-corrected chi connectivity index (χ3v) is 3.03. The van der Waals surface area contributed by atoms with Crippen LogP contribution in [0.5, 0.6) is 0 Å². The zero-order chi connectivity index (χ0) is 11.4. The number of esters is 1. The van der Waals surface area contributed by atoms with E-state index in [1.807, 2.05) is 24.3 Å². The number of carbonyl (C=O) groups excluding carboxylic acids is 1. The maximum atomic E-state index is 11.3. The molecule has 0 aliphatic rings. The molecular formula is C12H11NO2S. The summed E-state index contributed by atoms with van der Waals surface area (Å²) in [5.41, 5.74) is 0.930. The number of benzene rings is 1. The maximum Gasteiger partial charge on any atom is 0.313 e. The molecule has 0 saturated heterocycles. The summed E-state index contributed by atoms with van der Waals surface area (Å²) in [6.45, 7) is 3.74. The molecule has 0 aliphatic carbocycles. The first-order valence-corrected chi connectivity index (χ1v) is 5.72. The Bertz CT molecular complexity index is 485. The lowest BCUT2D eigenvalue weighted by molar-refractivity contribution is -0.141. The van der Waals surface area contributed by atoms with Gasteiger partial charge in [-0.2, -0.15) is 0 Å². The van der Waals surface area contributed by atoms with Gasteiger partial charge in [0.05, 0.1) is 16.6 Å². The van der Waals surface area contributed by atoms with Gasteiger partial charge in [-0.25, -0.2) is 4.98 Å². The van der Waals surface area contributed by atoms with Crippen LogP contribution >= 0.6 is 11.3 Å². The minimum atomic E-state index is -0.265. The average Bonchev–Trinajstić information content (AvgIpc) is 2.68. The normalized spacial score (nSPS) is 10.2. The monoisotopic (exact) mass is 233 g/mol. The van der Waals surface area contributed by atoms with E-state index in [2.05, 4.69) is 11.6 Å². The summed E-state index contributed by atoms with van der Waals surface area (Å²) >= 11 is 1.52. The number of ether oxygens (including phenoxy) is 1. The van der Waals surface area contributed by atoms with E-state index in [9.17, 15) is 4.79 Å². The van der Waals surface area contributed by atoms with Crippen molar-refractivity contribution in [1.29, 1.82) is 0 Å². The van der Waals surface area contributed by atoms with Gasteiger partial charge in [-0.15, -0.1) is 11.3 Å². The van der Waals surface area contributed by atoms with Gasteiger partial charge in [0.25, 0.3) is 0 Å². The summed E-state index contributed by atoms with van der Waals surface area (Å²) in [6.07, 6.45) is 1.78. The van der Waals surface area contributed by atoms with Crippen molar-refractivity contribution >= 4 is 27.5 Å². The Morgan fingerprint density at radius 1 is 1.50 bits per heavy atom. The number of rotatable bonds is 4. The van der Waals surface area contributed by atoms with Gasteiger partial charge in [0.2, 0.25) is 0 Å². The summed E-state index contributed by atoms with van der Waals surface area (Å²) in [7, 11) is 0. The number of fused-ring (bicyclic) bond motifs is 1. The van der Waals surface area contributed by atoms with Crippen molar-refractivity contribution < 1.29 is 9.53 Å². The highest BCUT2D eigenvalue weighted by Gasteiger charge is 2.08. The first kappa shape index (κ1) is 10.8. The molecule has 0 bridgehead atoms. The van der Waals surface area contributed by atoms with Gasteiger partial charge < -0.3 is 4.74 Å². The molecule has 1 heterocycles. The van der Waals surface area contributed by atoms with Crippen LogP contribution in [0.3, 0.4) is 0 Å². The number of nitrogens with zero attached hydrogens (tertiary/aromatic N) is 1. The standard InChI is InChI=1S/C12H11NO2S/c1-2-7-15-12(14)8-11-13-9-5-3-4-6-10(9)16-11/h2-6H,1,7-8H2. The number of hydrogen-bond donors (Lipinski definition) is 0. The fourth-order valence-corrected chi connectivity index (χ4v) is 2.27. The molecule has 0 radical (unpaired) electrons. The van der Waals surface area contributed by atoms with Crippen molar-refractivity contribution in [1.82, 2.24) is 4.98 Å². The lowest BCUT2D eigenvalue weighted by Gasteiger charge is -1.97. The predicted molar refractivity (Wildman–Crippen MR) is 64.5 cm³/mol. The molecule has 4 heteroatoms. The van der Waals surface area contributed by atoms with E-state index in [1.54, 1.807) is 6.08 Å². The fraction of sp³-hybridized carbons (Fsp3) is 0.167. The predicted octanol–water partition coefficient (Wildman–Crippen LogP) is 2.57. The molecule has 0 aliphatic heterocycles. The molecule has 0 atom stereocenters. The Labute approximate surface area is 97.4 Å². The van der Waals surface area contributed by atoms with Crippen LogP contribution < -0.4 is 0 Å². The van der Waals surface area contributed by atoms with Crippen LogP contribution in [0.15, 0.2) is 36.9 Å². The van der Waals surface area contributed by atoms with Gasteiger partial charge in [-0.05, 0) is 12.1 Å². The Morgan fingerprint density at radius 3 is 3.06 bits per heavy atom. The lowest BCUT2D eigenvalue weighted by Crippen LogP contribution is -2.07. The minimum Gasteiger partial charge on any atom is -0.461 e. The molecule has 0 unspecified atom stereocenters. The molecule has 2 aromatic rings. The number of carbonyl (C=O) groups is 1. The molecule has 0 saturated carbocycles. The van der Waals surface area contributed by atoms with Crippen molar-refractivity contribution in [2.75, 3.05) is 6.61 Å². The van der Waals surface area contributed by atoms with E-state index in [-0.39, 0.29) is 19.0 Å². The molecule has 0 fully saturated rings. The summed E-state index contributed by atoms with van der Waals surface area (Å²) < 4.78 is 5.99. The van der Waals surface area contributed by atoms with E-state index in [0.29, 0.717) is 0 Å². The Hall–Kier alpha value is -1.68. The zero-order valence-electron chi connectivity index (χ0n) is 8.68. The molecule has 2 rings (SSSR count). The van der Waals surface area contributed by atoms with E-state index in [4.69, 9.17) is 4.74 Å². The molecule has 1 aromatic heterocycles. The number of aromatic nitrogens is 1. The highest BCUT2D eigenvalue weighted by Crippen LogP contribution is 2.21. The van der Waals surface area contributed by atoms with Gasteiger partial charge in [-0.1, -0.05) is 24.8 Å². The molecular weight excluding hydrogens is 222 g/mol. The lowest BCUT2D eigenvalue weighted by atomic mass is 10.3. The SMILES string of the molecule is C=CCOC(=O)Cc1nc2ccccc2s1. The van der Waals surface area contributed by atoms with E-state index in [1.165, 1.54) is 11.3 Å². The van der Waals surface area contributed by atoms with E-state index in [0.717, 1.165) is 15.2 Å². The van der Waals surface area contributed by atoms with Crippen molar-refractivity contribution in [3.63, 3.8) is 0 Å². The molecule has 3 nitrogen and oxygen atoms in total.